The van der Waals surface area contributed by atoms with Crippen molar-refractivity contribution < 1.29 is 13.5 Å². The van der Waals surface area contributed by atoms with Crippen molar-refractivity contribution in [2.45, 2.75) is 25.1 Å². The second kappa shape index (κ2) is 5.28. The topological polar surface area (TPSA) is 66.4 Å². The highest BCUT2D eigenvalue weighted by Gasteiger charge is 2.37. The first kappa shape index (κ1) is 14.0. The molecule has 0 aliphatic carbocycles. The highest BCUT2D eigenvalue weighted by Crippen LogP contribution is 2.24. The maximum Gasteiger partial charge on any atom is 0.154 e. The molecule has 2 unspecified atom stereocenters. The van der Waals surface area contributed by atoms with E-state index >= 15 is 0 Å². The van der Waals surface area contributed by atoms with Crippen LogP contribution in [0.25, 0.3) is 0 Å². The summed E-state index contributed by atoms with van der Waals surface area (Å²) in [7, 11) is -3.11. The van der Waals surface area contributed by atoms with Crippen molar-refractivity contribution in [1.82, 2.24) is 5.32 Å². The van der Waals surface area contributed by atoms with Gasteiger partial charge in [-0.3, -0.25) is 0 Å². The molecule has 6 heteroatoms. The van der Waals surface area contributed by atoms with E-state index in [-0.39, 0.29) is 17.5 Å². The van der Waals surface area contributed by atoms with E-state index in [4.69, 9.17) is 0 Å². The number of aliphatic hydroxyl groups excluding tert-OH is 1. The van der Waals surface area contributed by atoms with Crippen molar-refractivity contribution >= 4 is 25.8 Å². The molecule has 3 atom stereocenters. The standard InChI is InChI=1S/C12H16BrNO3S/c1-8(9-4-2-3-5-10(9)13)14-11-6-18(16,17)7-12(11)15/h2-5,8,11-12,14-15H,6-7H2,1H3/t8-,11?,12?/m0/s1. The van der Waals surface area contributed by atoms with Crippen LogP contribution in [0.2, 0.25) is 0 Å². The Morgan fingerprint density at radius 2 is 2.06 bits per heavy atom. The third-order valence-corrected chi connectivity index (χ3v) is 5.60. The highest BCUT2D eigenvalue weighted by atomic mass is 79.9. The molecule has 1 aliphatic heterocycles. The minimum atomic E-state index is -3.11. The minimum Gasteiger partial charge on any atom is -0.390 e. The van der Waals surface area contributed by atoms with E-state index in [1.807, 2.05) is 31.2 Å². The summed E-state index contributed by atoms with van der Waals surface area (Å²) < 4.78 is 23.8. The molecule has 0 amide bonds. The Morgan fingerprint density at radius 1 is 1.39 bits per heavy atom. The van der Waals surface area contributed by atoms with Gasteiger partial charge in [0, 0.05) is 16.6 Å². The maximum atomic E-state index is 11.4. The minimum absolute atomic E-state index is 0.00294. The van der Waals surface area contributed by atoms with Crippen LogP contribution < -0.4 is 5.32 Å². The lowest BCUT2D eigenvalue weighted by molar-refractivity contribution is 0.160. The summed E-state index contributed by atoms with van der Waals surface area (Å²) in [6, 6.07) is 7.35. The first-order chi connectivity index (χ1) is 8.39. The molecule has 2 N–H and O–H groups in total. The largest absolute Gasteiger partial charge is 0.390 e. The van der Waals surface area contributed by atoms with E-state index in [9.17, 15) is 13.5 Å². The van der Waals surface area contributed by atoms with Crippen LogP contribution >= 0.6 is 15.9 Å². The van der Waals surface area contributed by atoms with Crippen molar-refractivity contribution in [3.05, 3.63) is 34.3 Å². The quantitative estimate of drug-likeness (QED) is 0.873. The zero-order valence-electron chi connectivity index (χ0n) is 10.0. The van der Waals surface area contributed by atoms with Gasteiger partial charge in [0.1, 0.15) is 0 Å². The molecular weight excluding hydrogens is 318 g/mol. The van der Waals surface area contributed by atoms with Gasteiger partial charge in [0.25, 0.3) is 0 Å². The normalized spacial score (nSPS) is 28.2. The fourth-order valence-electron chi connectivity index (χ4n) is 2.23. The van der Waals surface area contributed by atoms with Gasteiger partial charge in [-0.1, -0.05) is 34.1 Å². The molecule has 2 rings (SSSR count). The summed E-state index contributed by atoms with van der Waals surface area (Å²) in [6.07, 6.45) is -0.820. The van der Waals surface area contributed by atoms with Crippen LogP contribution in [0, 0.1) is 0 Å². The molecule has 0 saturated carbocycles. The zero-order valence-corrected chi connectivity index (χ0v) is 12.4. The Hall–Kier alpha value is -0.430. The molecule has 1 aliphatic rings. The molecule has 1 aromatic carbocycles. The van der Waals surface area contributed by atoms with Gasteiger partial charge in [-0.2, -0.15) is 0 Å². The molecule has 0 radical (unpaired) electrons. The number of sulfone groups is 1. The average molecular weight is 334 g/mol. The van der Waals surface area contributed by atoms with Gasteiger partial charge in [-0.05, 0) is 18.6 Å². The molecule has 18 heavy (non-hydrogen) atoms. The van der Waals surface area contributed by atoms with E-state index in [2.05, 4.69) is 21.2 Å². The molecule has 1 fully saturated rings. The third-order valence-electron chi connectivity index (χ3n) is 3.16. The Bertz CT molecular complexity index is 532. The summed E-state index contributed by atoms with van der Waals surface area (Å²) in [6.45, 7) is 1.96. The average Bonchev–Trinajstić information content (AvgIpc) is 2.52. The van der Waals surface area contributed by atoms with Gasteiger partial charge in [0.05, 0.1) is 17.6 Å². The molecule has 1 saturated heterocycles. The number of nitrogens with one attached hydrogen (secondary N) is 1. The van der Waals surface area contributed by atoms with Gasteiger partial charge in [-0.15, -0.1) is 0 Å². The van der Waals surface area contributed by atoms with Gasteiger partial charge < -0.3 is 10.4 Å². The van der Waals surface area contributed by atoms with E-state index in [1.54, 1.807) is 0 Å². The zero-order chi connectivity index (χ0) is 13.3. The lowest BCUT2D eigenvalue weighted by Crippen LogP contribution is -2.40. The molecule has 100 valence electrons. The number of rotatable bonds is 3. The number of hydrogen-bond donors (Lipinski definition) is 2. The fraction of sp³-hybridized carbons (Fsp3) is 0.500. The molecule has 1 aromatic rings. The van der Waals surface area contributed by atoms with Crippen LogP contribution in [-0.4, -0.2) is 37.2 Å². The first-order valence-corrected chi connectivity index (χ1v) is 8.39. The van der Waals surface area contributed by atoms with Crippen molar-refractivity contribution in [3.63, 3.8) is 0 Å². The van der Waals surface area contributed by atoms with Gasteiger partial charge in [0.2, 0.25) is 0 Å². The van der Waals surface area contributed by atoms with Crippen LogP contribution in [0.5, 0.6) is 0 Å². The number of aliphatic hydroxyl groups is 1. The molecule has 4 nitrogen and oxygen atoms in total. The molecular formula is C12H16BrNO3S. The second-order valence-electron chi connectivity index (χ2n) is 4.66. The summed E-state index contributed by atoms with van der Waals surface area (Å²) in [4.78, 5) is 0. The summed E-state index contributed by atoms with van der Waals surface area (Å²) >= 11 is 3.46. The van der Waals surface area contributed by atoms with Gasteiger partial charge >= 0.3 is 0 Å². The molecule has 0 spiro atoms. The van der Waals surface area contributed by atoms with Crippen molar-refractivity contribution in [2.75, 3.05) is 11.5 Å². The van der Waals surface area contributed by atoms with Crippen molar-refractivity contribution in [1.29, 1.82) is 0 Å². The van der Waals surface area contributed by atoms with Crippen LogP contribution in [0.4, 0.5) is 0 Å². The fourth-order valence-corrected chi connectivity index (χ4v) is 4.61. The van der Waals surface area contributed by atoms with Crippen molar-refractivity contribution in [3.8, 4) is 0 Å². The van der Waals surface area contributed by atoms with E-state index in [0.29, 0.717) is 0 Å². The smallest absolute Gasteiger partial charge is 0.154 e. The van der Waals surface area contributed by atoms with Crippen LogP contribution in [0.15, 0.2) is 28.7 Å². The lowest BCUT2D eigenvalue weighted by atomic mass is 10.1. The van der Waals surface area contributed by atoms with E-state index in [0.717, 1.165) is 10.0 Å². The second-order valence-corrected chi connectivity index (χ2v) is 7.67. The molecule has 0 bridgehead atoms. The monoisotopic (exact) mass is 333 g/mol. The number of benzene rings is 1. The summed E-state index contributed by atoms with van der Waals surface area (Å²) in [5, 5.41) is 12.9. The SMILES string of the molecule is C[C@H](NC1CS(=O)(=O)CC1O)c1ccccc1Br. The maximum absolute atomic E-state index is 11.4. The Balaban J connectivity index is 2.09. The summed E-state index contributed by atoms with van der Waals surface area (Å²) in [5.41, 5.74) is 1.05. The van der Waals surface area contributed by atoms with Gasteiger partial charge in [-0.25, -0.2) is 8.42 Å². The van der Waals surface area contributed by atoms with Crippen LogP contribution in [-0.2, 0) is 9.84 Å². The Labute approximate surface area is 115 Å². The molecule has 0 aromatic heterocycles. The predicted molar refractivity (Wildman–Crippen MR) is 74.1 cm³/mol. The van der Waals surface area contributed by atoms with E-state index < -0.39 is 22.0 Å². The number of hydrogen-bond acceptors (Lipinski definition) is 4. The van der Waals surface area contributed by atoms with Crippen LogP contribution in [0.3, 0.4) is 0 Å². The Morgan fingerprint density at radius 3 is 2.61 bits per heavy atom. The molecule has 1 heterocycles. The highest BCUT2D eigenvalue weighted by molar-refractivity contribution is 9.10. The first-order valence-electron chi connectivity index (χ1n) is 5.78. The lowest BCUT2D eigenvalue weighted by Gasteiger charge is -2.22. The third kappa shape index (κ3) is 3.12. The van der Waals surface area contributed by atoms with Gasteiger partial charge in [0.15, 0.2) is 9.84 Å². The van der Waals surface area contributed by atoms with Crippen LogP contribution in [0.1, 0.15) is 18.5 Å². The predicted octanol–water partition coefficient (Wildman–Crippen LogP) is 1.26. The van der Waals surface area contributed by atoms with Crippen molar-refractivity contribution in [2.24, 2.45) is 0 Å². The summed E-state index contributed by atoms with van der Waals surface area (Å²) in [5.74, 6) is -0.143. The number of halogens is 1. The van der Waals surface area contributed by atoms with E-state index in [1.165, 1.54) is 0 Å². The Kier molecular flexibility index (Phi) is 4.11.